The fraction of sp³-hybridized carbons (Fsp3) is 0.593. The van der Waals surface area contributed by atoms with Crippen LogP contribution in [0.1, 0.15) is 49.1 Å². The molecular formula is C27H36N6O2. The standard InChI is InChI=1S/C27H36N6O2/c1-17-10-21-13-28-33(27-12-26(29-19(3)30-27)32-14-22(15-32)18(2)34)25(21)11-24(17)20-4-7-31(8-5-20)23-6-9-35-16-23/h10-13,18,20,22-23,34H,4-9,14-16H2,1-3H3. The van der Waals surface area contributed by atoms with Crippen LogP contribution in [0.2, 0.25) is 0 Å². The number of rotatable bonds is 5. The molecular weight excluding hydrogens is 440 g/mol. The maximum absolute atomic E-state index is 9.86. The van der Waals surface area contributed by atoms with Crippen molar-refractivity contribution < 1.29 is 9.84 Å². The molecule has 0 radical (unpaired) electrons. The van der Waals surface area contributed by atoms with Gasteiger partial charge < -0.3 is 14.7 Å². The Morgan fingerprint density at radius 1 is 1.03 bits per heavy atom. The molecule has 6 rings (SSSR count). The average molecular weight is 477 g/mol. The van der Waals surface area contributed by atoms with Gasteiger partial charge in [0.1, 0.15) is 11.6 Å². The molecule has 2 atom stereocenters. The van der Waals surface area contributed by atoms with E-state index in [4.69, 9.17) is 14.8 Å². The average Bonchev–Trinajstić information content (AvgIpc) is 3.47. The molecule has 5 heterocycles. The monoisotopic (exact) mass is 476 g/mol. The molecule has 8 heteroatoms. The predicted molar refractivity (Wildman–Crippen MR) is 136 cm³/mol. The molecule has 8 nitrogen and oxygen atoms in total. The largest absolute Gasteiger partial charge is 0.393 e. The Morgan fingerprint density at radius 2 is 1.80 bits per heavy atom. The van der Waals surface area contributed by atoms with E-state index in [-0.39, 0.29) is 6.10 Å². The topological polar surface area (TPSA) is 79.5 Å². The van der Waals surface area contributed by atoms with E-state index in [0.717, 1.165) is 67.8 Å². The number of likely N-dealkylation sites (tertiary alicyclic amines) is 1. The van der Waals surface area contributed by atoms with Gasteiger partial charge >= 0.3 is 0 Å². The maximum atomic E-state index is 9.86. The van der Waals surface area contributed by atoms with Gasteiger partial charge in [0.25, 0.3) is 0 Å². The van der Waals surface area contributed by atoms with Crippen molar-refractivity contribution in [3.8, 4) is 5.82 Å². The minimum Gasteiger partial charge on any atom is -0.393 e. The Bertz CT molecular complexity index is 1200. The Balaban J connectivity index is 1.27. The van der Waals surface area contributed by atoms with Gasteiger partial charge in [0.05, 0.1) is 24.4 Å². The normalized spacial score (nSPS) is 23.2. The summed E-state index contributed by atoms with van der Waals surface area (Å²) >= 11 is 0. The Kier molecular flexibility index (Phi) is 5.98. The van der Waals surface area contributed by atoms with Crippen LogP contribution < -0.4 is 4.90 Å². The molecule has 3 saturated heterocycles. The second kappa shape index (κ2) is 9.15. The summed E-state index contributed by atoms with van der Waals surface area (Å²) in [6.45, 7) is 11.8. The lowest BCUT2D eigenvalue weighted by Gasteiger charge is -2.41. The molecule has 0 spiro atoms. The van der Waals surface area contributed by atoms with Crippen LogP contribution in [0.25, 0.3) is 16.7 Å². The number of aryl methyl sites for hydroxylation is 2. The van der Waals surface area contributed by atoms with E-state index in [1.54, 1.807) is 0 Å². The van der Waals surface area contributed by atoms with Crippen LogP contribution in [0.4, 0.5) is 5.82 Å². The van der Waals surface area contributed by atoms with Crippen molar-refractivity contribution in [1.82, 2.24) is 24.6 Å². The number of aromatic nitrogens is 4. The Hall–Kier alpha value is -2.55. The smallest absolute Gasteiger partial charge is 0.159 e. The van der Waals surface area contributed by atoms with Crippen LogP contribution in [-0.2, 0) is 4.74 Å². The Labute approximate surface area is 206 Å². The minimum atomic E-state index is -0.288. The lowest BCUT2D eigenvalue weighted by atomic mass is 9.86. The zero-order valence-corrected chi connectivity index (χ0v) is 21.0. The van der Waals surface area contributed by atoms with Gasteiger partial charge in [-0.3, -0.25) is 4.90 Å². The third-order valence-electron chi connectivity index (χ3n) is 8.29. The van der Waals surface area contributed by atoms with E-state index in [1.165, 1.54) is 30.4 Å². The second-order valence-electron chi connectivity index (χ2n) is 10.7. The van der Waals surface area contributed by atoms with Gasteiger partial charge in [0, 0.05) is 43.1 Å². The molecule has 0 aliphatic carbocycles. The van der Waals surface area contributed by atoms with Crippen LogP contribution in [0.3, 0.4) is 0 Å². The van der Waals surface area contributed by atoms with E-state index in [1.807, 2.05) is 30.8 Å². The van der Waals surface area contributed by atoms with Crippen molar-refractivity contribution in [3.05, 3.63) is 41.3 Å². The number of fused-ring (bicyclic) bond motifs is 1. The van der Waals surface area contributed by atoms with E-state index in [2.05, 4.69) is 33.8 Å². The summed E-state index contributed by atoms with van der Waals surface area (Å²) in [6, 6.07) is 7.27. The molecule has 2 aromatic heterocycles. The summed E-state index contributed by atoms with van der Waals surface area (Å²) in [7, 11) is 0. The summed E-state index contributed by atoms with van der Waals surface area (Å²) in [5, 5.41) is 15.7. The zero-order chi connectivity index (χ0) is 24.1. The highest BCUT2D eigenvalue weighted by molar-refractivity contribution is 5.82. The van der Waals surface area contributed by atoms with E-state index < -0.39 is 0 Å². The lowest BCUT2D eigenvalue weighted by Crippen LogP contribution is -2.51. The van der Waals surface area contributed by atoms with Gasteiger partial charge in [-0.05, 0) is 82.3 Å². The third-order valence-corrected chi connectivity index (χ3v) is 8.29. The second-order valence-corrected chi connectivity index (χ2v) is 10.7. The van der Waals surface area contributed by atoms with Gasteiger partial charge in [0.2, 0.25) is 0 Å². The van der Waals surface area contributed by atoms with Crippen LogP contribution >= 0.6 is 0 Å². The first-order chi connectivity index (χ1) is 17.0. The van der Waals surface area contributed by atoms with Crippen LogP contribution in [0.15, 0.2) is 24.4 Å². The van der Waals surface area contributed by atoms with Crippen molar-refractivity contribution in [3.63, 3.8) is 0 Å². The van der Waals surface area contributed by atoms with E-state index in [9.17, 15) is 5.11 Å². The highest BCUT2D eigenvalue weighted by Crippen LogP contribution is 2.35. The van der Waals surface area contributed by atoms with Crippen LogP contribution in [0, 0.1) is 19.8 Å². The zero-order valence-electron chi connectivity index (χ0n) is 21.0. The molecule has 35 heavy (non-hydrogen) atoms. The van der Waals surface area contributed by atoms with Gasteiger partial charge in [-0.1, -0.05) is 0 Å². The van der Waals surface area contributed by atoms with Gasteiger partial charge in [-0.15, -0.1) is 0 Å². The molecule has 186 valence electrons. The van der Waals surface area contributed by atoms with Crippen molar-refractivity contribution >= 4 is 16.7 Å². The molecule has 0 amide bonds. The summed E-state index contributed by atoms with van der Waals surface area (Å²) in [5.74, 6) is 3.31. The number of ether oxygens (including phenoxy) is 1. The van der Waals surface area contributed by atoms with Gasteiger partial charge in [0.15, 0.2) is 5.82 Å². The number of hydrogen-bond donors (Lipinski definition) is 1. The number of anilines is 1. The first-order valence-corrected chi connectivity index (χ1v) is 13.1. The van der Waals surface area contributed by atoms with Gasteiger partial charge in [-0.25, -0.2) is 14.6 Å². The number of aliphatic hydroxyl groups excluding tert-OH is 1. The number of nitrogens with zero attached hydrogens (tertiary/aromatic N) is 6. The number of benzene rings is 1. The summed E-state index contributed by atoms with van der Waals surface area (Å²) in [4.78, 5) is 14.2. The van der Waals surface area contributed by atoms with Gasteiger partial charge in [-0.2, -0.15) is 5.10 Å². The number of hydrogen-bond acceptors (Lipinski definition) is 7. The molecule has 3 aliphatic heterocycles. The summed E-state index contributed by atoms with van der Waals surface area (Å²) in [5.41, 5.74) is 3.89. The van der Waals surface area contributed by atoms with Crippen LogP contribution in [-0.4, -0.2) is 81.3 Å². The molecule has 1 aromatic carbocycles. The number of aliphatic hydroxyl groups is 1. The van der Waals surface area contributed by atoms with Crippen LogP contribution in [0.5, 0.6) is 0 Å². The quantitative estimate of drug-likeness (QED) is 0.606. The van der Waals surface area contributed by atoms with Crippen molar-refractivity contribution in [2.24, 2.45) is 5.92 Å². The minimum absolute atomic E-state index is 0.288. The number of piperidine rings is 1. The fourth-order valence-corrected chi connectivity index (χ4v) is 6.02. The van der Waals surface area contributed by atoms with Crippen molar-refractivity contribution in [2.75, 3.05) is 44.3 Å². The summed E-state index contributed by atoms with van der Waals surface area (Å²) in [6.07, 6.45) is 5.20. The molecule has 2 unspecified atom stereocenters. The molecule has 3 aromatic rings. The highest BCUT2D eigenvalue weighted by Gasteiger charge is 2.32. The molecule has 3 fully saturated rings. The van der Waals surface area contributed by atoms with Crippen molar-refractivity contribution in [2.45, 2.75) is 58.1 Å². The molecule has 0 bridgehead atoms. The maximum Gasteiger partial charge on any atom is 0.159 e. The van der Waals surface area contributed by atoms with E-state index >= 15 is 0 Å². The molecule has 1 N–H and O–H groups in total. The highest BCUT2D eigenvalue weighted by atomic mass is 16.5. The lowest BCUT2D eigenvalue weighted by molar-refractivity contribution is 0.107. The third kappa shape index (κ3) is 4.32. The first-order valence-electron chi connectivity index (χ1n) is 13.1. The molecule has 3 aliphatic rings. The van der Waals surface area contributed by atoms with Crippen molar-refractivity contribution in [1.29, 1.82) is 0 Å². The summed E-state index contributed by atoms with van der Waals surface area (Å²) < 4.78 is 7.58. The fourth-order valence-electron chi connectivity index (χ4n) is 6.02. The SMILES string of the molecule is Cc1nc(N2CC(C(C)O)C2)cc(-n2ncc3cc(C)c(C4CCN(C5CCOC5)CC4)cc32)n1. The Morgan fingerprint density at radius 3 is 2.51 bits per heavy atom. The molecule has 0 saturated carbocycles. The predicted octanol–water partition coefficient (Wildman–Crippen LogP) is 3.22. The first kappa shape index (κ1) is 22.9. The van der Waals surface area contributed by atoms with E-state index in [0.29, 0.717) is 17.9 Å².